The van der Waals surface area contributed by atoms with Crippen molar-refractivity contribution in [3.05, 3.63) is 89.8 Å². The van der Waals surface area contributed by atoms with Crippen LogP contribution >= 0.6 is 0 Å². The number of nitrogens with zero attached hydrogens (tertiary/aromatic N) is 3. The molecule has 1 N–H and O–H groups in total. The molecule has 4 aromatic rings. The zero-order valence-electron chi connectivity index (χ0n) is 16.8. The molecule has 0 bridgehead atoms. The first-order chi connectivity index (χ1) is 15.4. The molecule has 6 nitrogen and oxygen atoms in total. The van der Waals surface area contributed by atoms with Crippen LogP contribution in [0.15, 0.2) is 71.9 Å². The smallest absolute Gasteiger partial charge is 0.246 e. The molecule has 1 aliphatic rings. The Morgan fingerprint density at radius 2 is 1.84 bits per heavy atom. The lowest BCUT2D eigenvalue weighted by Gasteiger charge is -2.29. The highest BCUT2D eigenvalue weighted by atomic mass is 32.2. The fourth-order valence-corrected chi connectivity index (χ4v) is 5.34. The van der Waals surface area contributed by atoms with Gasteiger partial charge >= 0.3 is 0 Å². The van der Waals surface area contributed by atoms with Gasteiger partial charge in [0.1, 0.15) is 22.3 Å². The van der Waals surface area contributed by atoms with E-state index in [9.17, 15) is 17.2 Å². The van der Waals surface area contributed by atoms with Crippen molar-refractivity contribution < 1.29 is 17.2 Å². The molecule has 0 aliphatic carbocycles. The summed E-state index contributed by atoms with van der Waals surface area (Å²) in [5, 5.41) is 4.27. The summed E-state index contributed by atoms with van der Waals surface area (Å²) in [5.41, 5.74) is 3.32. The molecular formula is C23H18F2N4O2S. The number of fused-ring (bicyclic) bond motifs is 2. The van der Waals surface area contributed by atoms with Gasteiger partial charge in [0, 0.05) is 36.3 Å². The monoisotopic (exact) mass is 452 g/mol. The molecule has 0 fully saturated rings. The van der Waals surface area contributed by atoms with Gasteiger partial charge in [0.25, 0.3) is 0 Å². The fourth-order valence-electron chi connectivity index (χ4n) is 3.88. The highest BCUT2D eigenvalue weighted by Gasteiger charge is 2.31. The van der Waals surface area contributed by atoms with Crippen LogP contribution in [0.4, 0.5) is 20.3 Å². The average Bonchev–Trinajstić information content (AvgIpc) is 2.78. The molecule has 2 aromatic heterocycles. The van der Waals surface area contributed by atoms with E-state index in [0.717, 1.165) is 39.8 Å². The number of anilines is 2. The van der Waals surface area contributed by atoms with Crippen LogP contribution in [0.2, 0.25) is 0 Å². The van der Waals surface area contributed by atoms with E-state index in [1.54, 1.807) is 18.5 Å². The van der Waals surface area contributed by atoms with E-state index in [0.29, 0.717) is 18.3 Å². The number of sulfonamides is 1. The Labute approximate surface area is 183 Å². The van der Waals surface area contributed by atoms with Crippen molar-refractivity contribution in [2.75, 3.05) is 11.9 Å². The molecule has 0 amide bonds. The molecule has 9 heteroatoms. The Morgan fingerprint density at radius 1 is 1.00 bits per heavy atom. The van der Waals surface area contributed by atoms with E-state index >= 15 is 0 Å². The Bertz CT molecular complexity index is 1440. The number of para-hydroxylation sites is 1. The van der Waals surface area contributed by atoms with E-state index in [-0.39, 0.29) is 13.1 Å². The van der Waals surface area contributed by atoms with Gasteiger partial charge in [0.15, 0.2) is 0 Å². The number of aromatic nitrogens is 2. The summed E-state index contributed by atoms with van der Waals surface area (Å²) >= 11 is 0. The first-order valence-electron chi connectivity index (χ1n) is 9.95. The second kappa shape index (κ2) is 7.92. The van der Waals surface area contributed by atoms with E-state index in [1.165, 1.54) is 4.31 Å². The zero-order chi connectivity index (χ0) is 22.3. The van der Waals surface area contributed by atoms with Crippen LogP contribution in [0.3, 0.4) is 0 Å². The Kier molecular flexibility index (Phi) is 5.07. The summed E-state index contributed by atoms with van der Waals surface area (Å²) < 4.78 is 54.5. The fraction of sp³-hybridized carbons (Fsp3) is 0.130. The van der Waals surface area contributed by atoms with E-state index < -0.39 is 26.6 Å². The molecule has 0 radical (unpaired) electrons. The van der Waals surface area contributed by atoms with Crippen LogP contribution in [-0.2, 0) is 23.0 Å². The summed E-state index contributed by atoms with van der Waals surface area (Å²) in [6, 6.07) is 14.0. The van der Waals surface area contributed by atoms with Gasteiger partial charge in [-0.1, -0.05) is 18.2 Å². The van der Waals surface area contributed by atoms with Gasteiger partial charge < -0.3 is 5.32 Å². The summed E-state index contributed by atoms with van der Waals surface area (Å²) in [4.78, 5) is 8.34. The Hall–Kier alpha value is -3.43. The molecule has 1 aliphatic heterocycles. The summed E-state index contributed by atoms with van der Waals surface area (Å²) in [6.07, 6.45) is 3.72. The molecule has 162 valence electrons. The molecular weight excluding hydrogens is 434 g/mol. The number of halogens is 2. The van der Waals surface area contributed by atoms with Crippen molar-refractivity contribution in [3.8, 4) is 0 Å². The van der Waals surface area contributed by atoms with E-state index in [2.05, 4.69) is 15.3 Å². The molecule has 5 rings (SSSR count). The number of nitrogens with one attached hydrogen (secondary N) is 1. The lowest BCUT2D eigenvalue weighted by atomic mass is 10.0. The third-order valence-electron chi connectivity index (χ3n) is 5.48. The van der Waals surface area contributed by atoms with Crippen molar-refractivity contribution in [2.45, 2.75) is 17.9 Å². The second-order valence-electron chi connectivity index (χ2n) is 7.50. The van der Waals surface area contributed by atoms with Crippen molar-refractivity contribution in [2.24, 2.45) is 0 Å². The maximum atomic E-state index is 14.1. The summed E-state index contributed by atoms with van der Waals surface area (Å²) in [6.45, 7) is 0.226. The highest BCUT2D eigenvalue weighted by Crippen LogP contribution is 2.31. The quantitative estimate of drug-likeness (QED) is 0.497. The van der Waals surface area contributed by atoms with Gasteiger partial charge in [0.2, 0.25) is 10.0 Å². The van der Waals surface area contributed by atoms with Crippen LogP contribution in [0, 0.1) is 11.6 Å². The SMILES string of the molecule is O=S(=O)(c1ccc(F)cc1F)N1CCc2c(ccnc2Nc2cnc3ccccc3c2)C1. The van der Waals surface area contributed by atoms with Gasteiger partial charge in [-0.2, -0.15) is 4.31 Å². The summed E-state index contributed by atoms with van der Waals surface area (Å²) in [5.74, 6) is -1.29. The van der Waals surface area contributed by atoms with Gasteiger partial charge in [-0.15, -0.1) is 0 Å². The van der Waals surface area contributed by atoms with Crippen molar-refractivity contribution in [3.63, 3.8) is 0 Å². The molecule has 32 heavy (non-hydrogen) atoms. The molecule has 0 spiro atoms. The van der Waals surface area contributed by atoms with Gasteiger partial charge in [-0.05, 0) is 42.3 Å². The maximum absolute atomic E-state index is 14.1. The van der Waals surface area contributed by atoms with E-state index in [4.69, 9.17) is 0 Å². The lowest BCUT2D eigenvalue weighted by Crippen LogP contribution is -2.36. The number of hydrogen-bond acceptors (Lipinski definition) is 5. The third-order valence-corrected chi connectivity index (χ3v) is 7.35. The van der Waals surface area contributed by atoms with Gasteiger partial charge in [0.05, 0.1) is 17.4 Å². The van der Waals surface area contributed by atoms with Crippen LogP contribution < -0.4 is 5.32 Å². The number of hydrogen-bond donors (Lipinski definition) is 1. The first kappa shape index (κ1) is 20.5. The van der Waals surface area contributed by atoms with Gasteiger partial charge in [-0.3, -0.25) is 4.98 Å². The first-order valence-corrected chi connectivity index (χ1v) is 11.4. The number of benzene rings is 2. The Morgan fingerprint density at radius 3 is 2.69 bits per heavy atom. The number of rotatable bonds is 4. The topological polar surface area (TPSA) is 75.2 Å². The van der Waals surface area contributed by atoms with Crippen LogP contribution in [-0.4, -0.2) is 29.2 Å². The predicted molar refractivity (Wildman–Crippen MR) is 117 cm³/mol. The van der Waals surface area contributed by atoms with Crippen LogP contribution in [0.5, 0.6) is 0 Å². The van der Waals surface area contributed by atoms with Crippen molar-refractivity contribution >= 4 is 32.4 Å². The molecule has 0 atom stereocenters. The third kappa shape index (κ3) is 3.69. The van der Waals surface area contributed by atoms with Crippen molar-refractivity contribution in [1.29, 1.82) is 0 Å². The van der Waals surface area contributed by atoms with Crippen LogP contribution in [0.25, 0.3) is 10.9 Å². The molecule has 2 aromatic carbocycles. The Balaban J connectivity index is 1.43. The van der Waals surface area contributed by atoms with Crippen molar-refractivity contribution in [1.82, 2.24) is 14.3 Å². The van der Waals surface area contributed by atoms with Crippen LogP contribution in [0.1, 0.15) is 11.1 Å². The second-order valence-corrected chi connectivity index (χ2v) is 9.41. The highest BCUT2D eigenvalue weighted by molar-refractivity contribution is 7.89. The molecule has 3 heterocycles. The maximum Gasteiger partial charge on any atom is 0.246 e. The zero-order valence-corrected chi connectivity index (χ0v) is 17.6. The molecule has 0 unspecified atom stereocenters. The van der Waals surface area contributed by atoms with Gasteiger partial charge in [-0.25, -0.2) is 22.2 Å². The minimum atomic E-state index is -4.11. The molecule has 0 saturated carbocycles. The standard InChI is InChI=1S/C23H18F2N4O2S/c24-17-5-6-22(20(25)12-17)32(30,31)29-10-8-19-16(14-29)7-9-26-23(19)28-18-11-15-3-1-2-4-21(15)27-13-18/h1-7,9,11-13H,8,10,14H2,(H,26,28). The summed E-state index contributed by atoms with van der Waals surface area (Å²) in [7, 11) is -4.11. The predicted octanol–water partition coefficient (Wildman–Crippen LogP) is 4.40. The lowest BCUT2D eigenvalue weighted by molar-refractivity contribution is 0.388. The minimum Gasteiger partial charge on any atom is -0.339 e. The van der Waals surface area contributed by atoms with E-state index in [1.807, 2.05) is 30.3 Å². The minimum absolute atomic E-state index is 0.0711. The largest absolute Gasteiger partial charge is 0.339 e. The number of pyridine rings is 2. The molecule has 0 saturated heterocycles. The average molecular weight is 452 g/mol. The normalized spacial score (nSPS) is 14.3.